The second-order valence-corrected chi connectivity index (χ2v) is 5.74. The number of nitrogens with zero attached hydrogens (tertiary/aromatic N) is 4. The third-order valence-corrected chi connectivity index (χ3v) is 3.82. The van der Waals surface area contributed by atoms with Gasteiger partial charge in [0, 0.05) is 17.8 Å². The second kappa shape index (κ2) is 7.60. The fraction of sp³-hybridized carbons (Fsp3) is 0.176. The van der Waals surface area contributed by atoms with Gasteiger partial charge in [0.05, 0.1) is 23.6 Å². The van der Waals surface area contributed by atoms with Gasteiger partial charge in [-0.3, -0.25) is 19.6 Å². The summed E-state index contributed by atoms with van der Waals surface area (Å²) < 4.78 is 0. The lowest BCUT2D eigenvalue weighted by atomic mass is 10.2. The van der Waals surface area contributed by atoms with Crippen molar-refractivity contribution >= 4 is 40.0 Å². The molecule has 0 radical (unpaired) electrons. The van der Waals surface area contributed by atoms with Crippen molar-refractivity contribution in [3.63, 3.8) is 0 Å². The van der Waals surface area contributed by atoms with Crippen molar-refractivity contribution in [2.24, 2.45) is 11.5 Å². The molecule has 0 aromatic carbocycles. The SMILES string of the molecule is CCC(Nc1cnc(C(N)=O)c(Nc2cnc3ccncc3c2)n1)C(N)=O. The molecule has 27 heavy (non-hydrogen) atoms. The van der Waals surface area contributed by atoms with Crippen molar-refractivity contribution in [1.29, 1.82) is 0 Å². The Morgan fingerprint density at radius 1 is 1.19 bits per heavy atom. The average molecular weight is 366 g/mol. The van der Waals surface area contributed by atoms with Crippen molar-refractivity contribution in [3.8, 4) is 0 Å². The third kappa shape index (κ3) is 4.06. The molecular weight excluding hydrogens is 348 g/mol. The summed E-state index contributed by atoms with van der Waals surface area (Å²) in [5.74, 6) is -0.839. The van der Waals surface area contributed by atoms with Crippen LogP contribution in [0.1, 0.15) is 23.8 Å². The van der Waals surface area contributed by atoms with Gasteiger partial charge in [0.2, 0.25) is 5.91 Å². The number of hydrogen-bond acceptors (Lipinski definition) is 8. The highest BCUT2D eigenvalue weighted by atomic mass is 16.1. The molecule has 3 aromatic rings. The Bertz CT molecular complexity index is 1010. The van der Waals surface area contributed by atoms with Crippen LogP contribution in [0.4, 0.5) is 17.3 Å². The first kappa shape index (κ1) is 18.0. The molecule has 6 N–H and O–H groups in total. The highest BCUT2D eigenvalue weighted by Gasteiger charge is 2.17. The number of hydrogen-bond donors (Lipinski definition) is 4. The molecule has 2 amide bonds. The standard InChI is InChI=1S/C17H18N8O2/c1-2-11(15(18)26)24-13-8-22-14(16(19)27)17(25-13)23-10-5-9-6-20-4-3-12(9)21-7-10/h3-8,11H,2H2,1H3,(H2,18,26)(H2,19,27)(H2,23,24,25). The first-order valence-electron chi connectivity index (χ1n) is 8.17. The first-order chi connectivity index (χ1) is 13.0. The van der Waals surface area contributed by atoms with E-state index in [9.17, 15) is 9.59 Å². The van der Waals surface area contributed by atoms with Crippen LogP contribution in [0.3, 0.4) is 0 Å². The number of aromatic nitrogens is 4. The van der Waals surface area contributed by atoms with Gasteiger partial charge >= 0.3 is 0 Å². The maximum Gasteiger partial charge on any atom is 0.271 e. The molecule has 0 aliphatic rings. The molecule has 138 valence electrons. The number of anilines is 3. The average Bonchev–Trinajstić information content (AvgIpc) is 2.65. The molecule has 10 nitrogen and oxygen atoms in total. The van der Waals surface area contributed by atoms with Gasteiger partial charge in [-0.05, 0) is 18.6 Å². The van der Waals surface area contributed by atoms with Crippen molar-refractivity contribution < 1.29 is 9.59 Å². The van der Waals surface area contributed by atoms with E-state index in [1.807, 2.05) is 6.92 Å². The number of primary amides is 2. The van der Waals surface area contributed by atoms with E-state index in [0.29, 0.717) is 12.1 Å². The van der Waals surface area contributed by atoms with Crippen molar-refractivity contribution in [1.82, 2.24) is 19.9 Å². The van der Waals surface area contributed by atoms with Crippen LogP contribution >= 0.6 is 0 Å². The van der Waals surface area contributed by atoms with Crippen LogP contribution in [0.2, 0.25) is 0 Å². The minimum absolute atomic E-state index is 0.0426. The number of pyridine rings is 2. The highest BCUT2D eigenvalue weighted by Crippen LogP contribution is 2.22. The van der Waals surface area contributed by atoms with Crippen LogP contribution in [-0.4, -0.2) is 37.8 Å². The predicted molar refractivity (Wildman–Crippen MR) is 100 cm³/mol. The van der Waals surface area contributed by atoms with E-state index < -0.39 is 17.9 Å². The zero-order chi connectivity index (χ0) is 19.4. The molecule has 1 atom stereocenters. The summed E-state index contributed by atoms with van der Waals surface area (Å²) in [5.41, 5.74) is 12.0. The molecule has 3 heterocycles. The van der Waals surface area contributed by atoms with Crippen molar-refractivity contribution in [2.75, 3.05) is 10.6 Å². The van der Waals surface area contributed by atoms with E-state index in [-0.39, 0.29) is 17.3 Å². The van der Waals surface area contributed by atoms with E-state index >= 15 is 0 Å². The van der Waals surface area contributed by atoms with E-state index in [2.05, 4.69) is 30.6 Å². The molecule has 0 spiro atoms. The Hall–Kier alpha value is -3.82. The van der Waals surface area contributed by atoms with E-state index in [1.165, 1.54) is 6.20 Å². The maximum atomic E-state index is 11.7. The number of nitrogens with two attached hydrogens (primary N) is 2. The van der Waals surface area contributed by atoms with Gasteiger partial charge in [0.1, 0.15) is 11.9 Å². The van der Waals surface area contributed by atoms with Gasteiger partial charge in [-0.1, -0.05) is 6.92 Å². The summed E-state index contributed by atoms with van der Waals surface area (Å²) in [7, 11) is 0. The summed E-state index contributed by atoms with van der Waals surface area (Å²) >= 11 is 0. The topological polar surface area (TPSA) is 162 Å². The van der Waals surface area contributed by atoms with Gasteiger partial charge in [0.25, 0.3) is 5.91 Å². The van der Waals surface area contributed by atoms with Crippen LogP contribution in [0.25, 0.3) is 10.9 Å². The van der Waals surface area contributed by atoms with Crippen molar-refractivity contribution in [2.45, 2.75) is 19.4 Å². The lowest BCUT2D eigenvalue weighted by Gasteiger charge is -2.15. The van der Waals surface area contributed by atoms with Crippen LogP contribution in [0.15, 0.2) is 36.9 Å². The molecule has 0 bridgehead atoms. The molecule has 3 rings (SSSR count). The normalized spacial score (nSPS) is 11.7. The second-order valence-electron chi connectivity index (χ2n) is 5.74. The number of fused-ring (bicyclic) bond motifs is 1. The summed E-state index contributed by atoms with van der Waals surface area (Å²) in [4.78, 5) is 39.8. The monoisotopic (exact) mass is 366 g/mol. The highest BCUT2D eigenvalue weighted by molar-refractivity contribution is 5.96. The van der Waals surface area contributed by atoms with Crippen LogP contribution in [0, 0.1) is 0 Å². The Morgan fingerprint density at radius 2 is 2.00 bits per heavy atom. The zero-order valence-electron chi connectivity index (χ0n) is 14.5. The molecule has 10 heteroatoms. The molecule has 0 saturated carbocycles. The summed E-state index contributed by atoms with van der Waals surface area (Å²) in [6.07, 6.45) is 6.70. The van der Waals surface area contributed by atoms with Crippen LogP contribution < -0.4 is 22.1 Å². The molecule has 0 saturated heterocycles. The minimum atomic E-state index is -0.742. The zero-order valence-corrected chi connectivity index (χ0v) is 14.5. The van der Waals surface area contributed by atoms with E-state index in [0.717, 1.165) is 10.9 Å². The lowest BCUT2D eigenvalue weighted by molar-refractivity contribution is -0.118. The largest absolute Gasteiger partial charge is 0.368 e. The number of carbonyl (C=O) groups is 2. The number of amides is 2. The number of carbonyl (C=O) groups excluding carboxylic acids is 2. The van der Waals surface area contributed by atoms with Gasteiger partial charge in [-0.2, -0.15) is 0 Å². The maximum absolute atomic E-state index is 11.7. The quantitative estimate of drug-likeness (QED) is 0.480. The molecule has 0 aliphatic heterocycles. The molecular formula is C17H18N8O2. The Kier molecular flexibility index (Phi) is 5.06. The predicted octanol–water partition coefficient (Wildman–Crippen LogP) is 0.938. The number of nitrogens with one attached hydrogen (secondary N) is 2. The van der Waals surface area contributed by atoms with Gasteiger partial charge in [-0.15, -0.1) is 0 Å². The summed E-state index contributed by atoms with van der Waals surface area (Å²) in [6, 6.07) is 2.98. The van der Waals surface area contributed by atoms with E-state index in [4.69, 9.17) is 11.5 Å². The fourth-order valence-electron chi connectivity index (χ4n) is 2.46. The van der Waals surface area contributed by atoms with E-state index in [1.54, 1.807) is 30.7 Å². The third-order valence-electron chi connectivity index (χ3n) is 3.82. The first-order valence-corrected chi connectivity index (χ1v) is 8.17. The molecule has 3 aromatic heterocycles. The molecule has 0 aliphatic carbocycles. The van der Waals surface area contributed by atoms with Crippen LogP contribution in [-0.2, 0) is 4.79 Å². The van der Waals surface area contributed by atoms with Crippen LogP contribution in [0.5, 0.6) is 0 Å². The Morgan fingerprint density at radius 3 is 2.70 bits per heavy atom. The van der Waals surface area contributed by atoms with Gasteiger partial charge < -0.3 is 22.1 Å². The van der Waals surface area contributed by atoms with Gasteiger partial charge in [0.15, 0.2) is 11.5 Å². The minimum Gasteiger partial charge on any atom is -0.368 e. The Balaban J connectivity index is 1.94. The smallest absolute Gasteiger partial charge is 0.271 e. The summed E-state index contributed by atoms with van der Waals surface area (Å²) in [5, 5.41) is 6.68. The Labute approximate surface area is 154 Å². The fourth-order valence-corrected chi connectivity index (χ4v) is 2.46. The summed E-state index contributed by atoms with van der Waals surface area (Å²) in [6.45, 7) is 1.81. The van der Waals surface area contributed by atoms with Crippen molar-refractivity contribution in [3.05, 3.63) is 42.6 Å². The lowest BCUT2D eigenvalue weighted by Crippen LogP contribution is -2.35. The molecule has 0 fully saturated rings. The molecule has 1 unspecified atom stereocenters. The number of rotatable bonds is 7. The van der Waals surface area contributed by atoms with Gasteiger partial charge in [-0.25, -0.2) is 9.97 Å².